The molecule has 1 aromatic carbocycles. The molecule has 0 atom stereocenters. The highest BCUT2D eigenvalue weighted by atomic mass is 35.5. The first-order valence-corrected chi connectivity index (χ1v) is 8.03. The molecular weight excluding hydrogens is 300 g/mol. The van der Waals surface area contributed by atoms with E-state index in [0.29, 0.717) is 24.4 Å². The van der Waals surface area contributed by atoms with Crippen molar-refractivity contribution >= 4 is 17.3 Å². The van der Waals surface area contributed by atoms with Crippen LogP contribution in [0.4, 0.5) is 5.69 Å². The Hall–Kier alpha value is -1.59. The van der Waals surface area contributed by atoms with Crippen molar-refractivity contribution in [2.45, 2.75) is 39.3 Å². The van der Waals surface area contributed by atoms with Crippen LogP contribution in [0.25, 0.3) is 0 Å². The van der Waals surface area contributed by atoms with Gasteiger partial charge in [0.05, 0.1) is 6.54 Å². The monoisotopic (exact) mass is 320 g/mol. The summed E-state index contributed by atoms with van der Waals surface area (Å²) in [5.41, 5.74) is 2.33. The molecule has 1 aromatic heterocycles. The number of halogens is 1. The highest BCUT2D eigenvalue weighted by molar-refractivity contribution is 6.31. The summed E-state index contributed by atoms with van der Waals surface area (Å²) in [6, 6.07) is 6.78. The molecule has 6 heteroatoms. The van der Waals surface area contributed by atoms with Crippen LogP contribution in [-0.2, 0) is 6.54 Å². The highest BCUT2D eigenvalue weighted by Gasteiger charge is 2.20. The second kappa shape index (κ2) is 6.67. The van der Waals surface area contributed by atoms with E-state index in [2.05, 4.69) is 38.6 Å². The van der Waals surface area contributed by atoms with Crippen LogP contribution in [0.1, 0.15) is 30.2 Å². The highest BCUT2D eigenvalue weighted by Crippen LogP contribution is 2.25. The van der Waals surface area contributed by atoms with Gasteiger partial charge in [-0.3, -0.25) is 0 Å². The summed E-state index contributed by atoms with van der Waals surface area (Å²) in [5.74, 6) is 1.27. The first kappa shape index (κ1) is 15.3. The van der Waals surface area contributed by atoms with Gasteiger partial charge in [0, 0.05) is 36.8 Å². The second-order valence-corrected chi connectivity index (χ2v) is 6.20. The lowest BCUT2D eigenvalue weighted by atomic mass is 10.0. The molecule has 1 aliphatic heterocycles. The van der Waals surface area contributed by atoms with E-state index < -0.39 is 0 Å². The van der Waals surface area contributed by atoms with Crippen LogP contribution >= 0.6 is 11.6 Å². The first-order chi connectivity index (χ1) is 10.6. The molecule has 0 aliphatic carbocycles. The van der Waals surface area contributed by atoms with Gasteiger partial charge in [-0.05, 0) is 37.5 Å². The van der Waals surface area contributed by atoms with E-state index in [1.165, 1.54) is 5.69 Å². The third-order valence-electron chi connectivity index (χ3n) is 4.13. The molecule has 1 saturated heterocycles. The maximum Gasteiger partial charge on any atom is 0.230 e. The van der Waals surface area contributed by atoms with Crippen LogP contribution in [0.15, 0.2) is 22.6 Å². The third-order valence-corrected chi connectivity index (χ3v) is 4.53. The van der Waals surface area contributed by atoms with Gasteiger partial charge in [-0.25, -0.2) is 0 Å². The molecule has 0 radical (unpaired) electrons. The van der Waals surface area contributed by atoms with Crippen molar-refractivity contribution in [3.05, 3.63) is 40.6 Å². The van der Waals surface area contributed by atoms with E-state index in [4.69, 9.17) is 16.0 Å². The lowest BCUT2D eigenvalue weighted by molar-refractivity contribution is 0.378. The number of hydrogen-bond donors (Lipinski definition) is 1. The number of aryl methyl sites for hydroxylation is 2. The van der Waals surface area contributed by atoms with Gasteiger partial charge in [-0.2, -0.15) is 0 Å². The molecule has 0 spiro atoms. The summed E-state index contributed by atoms with van der Waals surface area (Å²) >= 11 is 6.22. The molecule has 0 unspecified atom stereocenters. The Balaban J connectivity index is 1.50. The van der Waals surface area contributed by atoms with Crippen LogP contribution in [0.5, 0.6) is 0 Å². The summed E-state index contributed by atoms with van der Waals surface area (Å²) in [5, 5.41) is 12.2. The van der Waals surface area contributed by atoms with E-state index >= 15 is 0 Å². The van der Waals surface area contributed by atoms with Gasteiger partial charge in [0.1, 0.15) is 0 Å². The Bertz CT molecular complexity index is 635. The lowest BCUT2D eigenvalue weighted by Crippen LogP contribution is -2.42. The predicted octanol–water partition coefficient (Wildman–Crippen LogP) is 3.10. The molecule has 5 nitrogen and oxygen atoms in total. The smallest absolute Gasteiger partial charge is 0.230 e. The van der Waals surface area contributed by atoms with Gasteiger partial charge >= 0.3 is 0 Å². The average Bonchev–Trinajstić information content (AvgIpc) is 2.94. The molecule has 0 bridgehead atoms. The third kappa shape index (κ3) is 3.59. The van der Waals surface area contributed by atoms with Crippen molar-refractivity contribution < 1.29 is 4.42 Å². The van der Waals surface area contributed by atoms with Crippen molar-refractivity contribution in [1.29, 1.82) is 0 Å². The summed E-state index contributed by atoms with van der Waals surface area (Å²) < 4.78 is 5.38. The van der Waals surface area contributed by atoms with Crippen LogP contribution in [0.2, 0.25) is 5.02 Å². The SMILES string of the molecule is Cc1nnc(CNC2CCN(c3ccc(C)c(Cl)c3)CC2)o1. The number of aromatic nitrogens is 2. The molecule has 2 heterocycles. The minimum absolute atomic E-state index is 0.490. The van der Waals surface area contributed by atoms with E-state index in [0.717, 1.165) is 36.5 Å². The molecule has 118 valence electrons. The number of benzene rings is 1. The van der Waals surface area contributed by atoms with Crippen LogP contribution in [-0.4, -0.2) is 29.3 Å². The van der Waals surface area contributed by atoms with Crippen molar-refractivity contribution in [1.82, 2.24) is 15.5 Å². The first-order valence-electron chi connectivity index (χ1n) is 7.65. The van der Waals surface area contributed by atoms with E-state index in [-0.39, 0.29) is 0 Å². The standard InChI is InChI=1S/C16H21ClN4O/c1-11-3-4-14(9-15(11)17)21-7-5-13(6-8-21)18-10-16-20-19-12(2)22-16/h3-4,9,13,18H,5-8,10H2,1-2H3. The lowest BCUT2D eigenvalue weighted by Gasteiger charge is -2.34. The zero-order chi connectivity index (χ0) is 15.5. The van der Waals surface area contributed by atoms with E-state index in [1.807, 2.05) is 13.8 Å². The molecule has 1 fully saturated rings. The summed E-state index contributed by atoms with van der Waals surface area (Å²) in [4.78, 5) is 2.39. The normalized spacial score (nSPS) is 16.2. The summed E-state index contributed by atoms with van der Waals surface area (Å²) in [6.07, 6.45) is 2.19. The van der Waals surface area contributed by atoms with Crippen molar-refractivity contribution in [3.8, 4) is 0 Å². The molecule has 3 rings (SSSR count). The maximum absolute atomic E-state index is 6.22. The zero-order valence-electron chi connectivity index (χ0n) is 13.0. The number of hydrogen-bond acceptors (Lipinski definition) is 5. The van der Waals surface area contributed by atoms with Gasteiger partial charge in [0.15, 0.2) is 0 Å². The van der Waals surface area contributed by atoms with Crippen LogP contribution in [0, 0.1) is 13.8 Å². The summed E-state index contributed by atoms with van der Waals surface area (Å²) in [6.45, 7) is 6.53. The number of nitrogens with one attached hydrogen (secondary N) is 1. The zero-order valence-corrected chi connectivity index (χ0v) is 13.7. The number of nitrogens with zero attached hydrogens (tertiary/aromatic N) is 3. The number of piperidine rings is 1. The van der Waals surface area contributed by atoms with Crippen molar-refractivity contribution in [2.24, 2.45) is 0 Å². The Kier molecular flexibility index (Phi) is 4.64. The fourth-order valence-corrected chi connectivity index (χ4v) is 2.94. The topological polar surface area (TPSA) is 54.2 Å². The molecule has 0 amide bonds. The second-order valence-electron chi connectivity index (χ2n) is 5.79. The van der Waals surface area contributed by atoms with Gasteiger partial charge in [0.25, 0.3) is 0 Å². The molecular formula is C16H21ClN4O. The fourth-order valence-electron chi connectivity index (χ4n) is 2.76. The summed E-state index contributed by atoms with van der Waals surface area (Å²) in [7, 11) is 0. The van der Waals surface area contributed by atoms with Crippen molar-refractivity contribution in [2.75, 3.05) is 18.0 Å². The number of rotatable bonds is 4. The molecule has 1 N–H and O–H groups in total. The molecule has 2 aromatic rings. The fraction of sp³-hybridized carbons (Fsp3) is 0.500. The predicted molar refractivity (Wildman–Crippen MR) is 87.3 cm³/mol. The van der Waals surface area contributed by atoms with E-state index in [9.17, 15) is 0 Å². The molecule has 1 aliphatic rings. The quantitative estimate of drug-likeness (QED) is 0.938. The number of anilines is 1. The van der Waals surface area contributed by atoms with Gasteiger partial charge in [0.2, 0.25) is 11.8 Å². The van der Waals surface area contributed by atoms with Gasteiger partial charge < -0.3 is 14.6 Å². The minimum Gasteiger partial charge on any atom is -0.424 e. The Morgan fingerprint density at radius 1 is 1.27 bits per heavy atom. The maximum atomic E-state index is 6.22. The van der Waals surface area contributed by atoms with E-state index in [1.54, 1.807) is 0 Å². The largest absolute Gasteiger partial charge is 0.424 e. The Morgan fingerprint density at radius 2 is 2.05 bits per heavy atom. The van der Waals surface area contributed by atoms with Crippen molar-refractivity contribution in [3.63, 3.8) is 0 Å². The Labute approximate surface area is 135 Å². The van der Waals surface area contributed by atoms with Gasteiger partial charge in [-0.15, -0.1) is 10.2 Å². The molecule has 22 heavy (non-hydrogen) atoms. The Morgan fingerprint density at radius 3 is 2.68 bits per heavy atom. The molecule has 0 saturated carbocycles. The van der Waals surface area contributed by atoms with Crippen LogP contribution < -0.4 is 10.2 Å². The van der Waals surface area contributed by atoms with Crippen LogP contribution in [0.3, 0.4) is 0 Å². The minimum atomic E-state index is 0.490. The van der Waals surface area contributed by atoms with Gasteiger partial charge in [-0.1, -0.05) is 17.7 Å². The average molecular weight is 321 g/mol.